The van der Waals surface area contributed by atoms with Crippen LogP contribution in [0, 0.1) is 20.8 Å². The van der Waals surface area contributed by atoms with E-state index in [0.717, 1.165) is 34.7 Å². The van der Waals surface area contributed by atoms with Crippen molar-refractivity contribution in [1.29, 1.82) is 0 Å². The van der Waals surface area contributed by atoms with Gasteiger partial charge in [0.05, 0.1) is 0 Å². The molecular weight excluding hydrogens is 348 g/mol. The van der Waals surface area contributed by atoms with E-state index < -0.39 is 0 Å². The number of para-hydroxylation sites is 2. The smallest absolute Gasteiger partial charge is 0.274 e. The number of benzene rings is 2. The van der Waals surface area contributed by atoms with Crippen LogP contribution in [0.15, 0.2) is 48.5 Å². The van der Waals surface area contributed by atoms with Crippen molar-refractivity contribution in [2.24, 2.45) is 0 Å². The minimum absolute atomic E-state index is 0.218. The summed E-state index contributed by atoms with van der Waals surface area (Å²) in [5, 5.41) is 3.02. The second-order valence-electron chi connectivity index (χ2n) is 7.43. The van der Waals surface area contributed by atoms with Gasteiger partial charge >= 0.3 is 0 Å². The molecule has 1 aromatic heterocycles. The lowest BCUT2D eigenvalue weighted by Gasteiger charge is -2.24. The van der Waals surface area contributed by atoms with Crippen molar-refractivity contribution in [2.75, 3.05) is 10.2 Å². The van der Waals surface area contributed by atoms with Crippen LogP contribution in [0.3, 0.4) is 0 Å². The fraction of sp³-hybridized carbons (Fsp3) is 0.261. The number of aryl methyl sites for hydroxylation is 3. The molecule has 0 saturated carbocycles. The largest absolute Gasteiger partial charge is 0.323 e. The second-order valence-corrected chi connectivity index (χ2v) is 7.43. The van der Waals surface area contributed by atoms with Crippen molar-refractivity contribution >= 4 is 23.1 Å². The van der Waals surface area contributed by atoms with Crippen molar-refractivity contribution < 1.29 is 4.79 Å². The van der Waals surface area contributed by atoms with Crippen LogP contribution in [0.5, 0.6) is 0 Å². The SMILES string of the molecule is Cc1nc(C(=O)Nc2c(C)cccc2C)cc(N2c3ccccc3CC2C)n1. The molecule has 3 aromatic rings. The Kier molecular flexibility index (Phi) is 4.59. The first-order valence-corrected chi connectivity index (χ1v) is 9.54. The molecule has 142 valence electrons. The fourth-order valence-electron chi connectivity index (χ4n) is 3.90. The maximum atomic E-state index is 12.9. The monoisotopic (exact) mass is 372 g/mol. The first-order chi connectivity index (χ1) is 13.4. The Bertz CT molecular complexity index is 1040. The molecule has 0 saturated heterocycles. The van der Waals surface area contributed by atoms with Gasteiger partial charge < -0.3 is 10.2 Å². The van der Waals surface area contributed by atoms with Crippen molar-refractivity contribution in [3.63, 3.8) is 0 Å². The molecule has 0 bridgehead atoms. The average Bonchev–Trinajstić information content (AvgIpc) is 3.00. The third-order valence-corrected chi connectivity index (χ3v) is 5.23. The number of anilines is 3. The minimum atomic E-state index is -0.218. The molecule has 1 unspecified atom stereocenters. The third-order valence-electron chi connectivity index (χ3n) is 5.23. The van der Waals surface area contributed by atoms with Gasteiger partial charge in [-0.25, -0.2) is 9.97 Å². The van der Waals surface area contributed by atoms with Gasteiger partial charge in [0, 0.05) is 23.5 Å². The first kappa shape index (κ1) is 18.2. The zero-order valence-corrected chi connectivity index (χ0v) is 16.7. The number of carbonyl (C=O) groups is 1. The molecule has 1 aliphatic heterocycles. The van der Waals surface area contributed by atoms with E-state index in [1.165, 1.54) is 5.56 Å². The number of fused-ring (bicyclic) bond motifs is 1. The van der Waals surface area contributed by atoms with Gasteiger partial charge in [0.25, 0.3) is 5.91 Å². The molecule has 0 spiro atoms. The summed E-state index contributed by atoms with van der Waals surface area (Å²) >= 11 is 0. The Morgan fingerprint density at radius 1 is 1.04 bits per heavy atom. The van der Waals surface area contributed by atoms with Crippen LogP contribution in [0.2, 0.25) is 0 Å². The van der Waals surface area contributed by atoms with E-state index in [1.807, 2.05) is 45.0 Å². The highest BCUT2D eigenvalue weighted by Crippen LogP contribution is 2.37. The lowest BCUT2D eigenvalue weighted by Crippen LogP contribution is -2.26. The molecule has 0 radical (unpaired) electrons. The maximum absolute atomic E-state index is 12.9. The van der Waals surface area contributed by atoms with Gasteiger partial charge in [-0.2, -0.15) is 0 Å². The molecule has 5 heteroatoms. The van der Waals surface area contributed by atoms with Gasteiger partial charge in [-0.3, -0.25) is 4.79 Å². The quantitative estimate of drug-likeness (QED) is 0.722. The number of amides is 1. The van der Waals surface area contributed by atoms with Crippen LogP contribution in [0.1, 0.15) is 39.9 Å². The standard InChI is InChI=1S/C23H24N4O/c1-14-8-7-9-15(2)22(14)26-23(28)19-13-21(25-17(4)24-19)27-16(3)12-18-10-5-6-11-20(18)27/h5-11,13,16H,12H2,1-4H3,(H,26,28). The molecule has 2 heterocycles. The van der Waals surface area contributed by atoms with Crippen LogP contribution in [-0.2, 0) is 6.42 Å². The van der Waals surface area contributed by atoms with Crippen LogP contribution in [-0.4, -0.2) is 21.9 Å². The number of nitrogens with one attached hydrogen (secondary N) is 1. The topological polar surface area (TPSA) is 58.1 Å². The summed E-state index contributed by atoms with van der Waals surface area (Å²) in [5.41, 5.74) is 5.72. The highest BCUT2D eigenvalue weighted by molar-refractivity contribution is 6.04. The summed E-state index contributed by atoms with van der Waals surface area (Å²) < 4.78 is 0. The van der Waals surface area contributed by atoms with Crippen molar-refractivity contribution in [2.45, 2.75) is 40.2 Å². The van der Waals surface area contributed by atoms with Crippen LogP contribution in [0.25, 0.3) is 0 Å². The van der Waals surface area contributed by atoms with Gasteiger partial charge in [-0.1, -0.05) is 36.4 Å². The maximum Gasteiger partial charge on any atom is 0.274 e. The molecule has 1 amide bonds. The fourth-order valence-corrected chi connectivity index (χ4v) is 3.90. The third kappa shape index (κ3) is 3.24. The molecule has 1 aliphatic rings. The van der Waals surface area contributed by atoms with Gasteiger partial charge in [0.15, 0.2) is 0 Å². The number of hydrogen-bond acceptors (Lipinski definition) is 4. The molecule has 4 rings (SSSR count). The molecule has 2 aromatic carbocycles. The minimum Gasteiger partial charge on any atom is -0.323 e. The lowest BCUT2D eigenvalue weighted by atomic mass is 10.1. The summed E-state index contributed by atoms with van der Waals surface area (Å²) in [6, 6.07) is 16.4. The lowest BCUT2D eigenvalue weighted by molar-refractivity contribution is 0.102. The van der Waals surface area contributed by atoms with E-state index in [1.54, 1.807) is 6.07 Å². The Balaban J connectivity index is 1.69. The zero-order valence-electron chi connectivity index (χ0n) is 16.7. The number of carbonyl (C=O) groups excluding carboxylic acids is 1. The highest BCUT2D eigenvalue weighted by Gasteiger charge is 2.28. The number of rotatable bonds is 3. The van der Waals surface area contributed by atoms with Crippen molar-refractivity contribution in [3.8, 4) is 0 Å². The Morgan fingerprint density at radius 3 is 2.50 bits per heavy atom. The number of hydrogen-bond donors (Lipinski definition) is 1. The van der Waals surface area contributed by atoms with E-state index in [4.69, 9.17) is 0 Å². The van der Waals surface area contributed by atoms with E-state index in [2.05, 4.69) is 45.3 Å². The molecule has 0 aliphatic carbocycles. The van der Waals surface area contributed by atoms with Crippen LogP contribution < -0.4 is 10.2 Å². The first-order valence-electron chi connectivity index (χ1n) is 9.54. The molecule has 28 heavy (non-hydrogen) atoms. The van der Waals surface area contributed by atoms with Gasteiger partial charge in [-0.15, -0.1) is 0 Å². The van der Waals surface area contributed by atoms with E-state index in [0.29, 0.717) is 11.5 Å². The van der Waals surface area contributed by atoms with E-state index in [9.17, 15) is 4.79 Å². The predicted molar refractivity (Wildman–Crippen MR) is 112 cm³/mol. The number of nitrogens with zero attached hydrogens (tertiary/aromatic N) is 3. The van der Waals surface area contributed by atoms with E-state index in [-0.39, 0.29) is 11.9 Å². The Labute approximate surface area is 165 Å². The van der Waals surface area contributed by atoms with E-state index >= 15 is 0 Å². The Hall–Kier alpha value is -3.21. The molecule has 1 N–H and O–H groups in total. The molecule has 5 nitrogen and oxygen atoms in total. The van der Waals surface area contributed by atoms with Crippen LogP contribution in [0.4, 0.5) is 17.2 Å². The predicted octanol–water partition coefficient (Wildman–Crippen LogP) is 4.74. The zero-order chi connectivity index (χ0) is 19.8. The van der Waals surface area contributed by atoms with Gasteiger partial charge in [0.2, 0.25) is 0 Å². The summed E-state index contributed by atoms with van der Waals surface area (Å²) in [7, 11) is 0. The molecule has 1 atom stereocenters. The van der Waals surface area contributed by atoms with Gasteiger partial charge in [0.1, 0.15) is 17.3 Å². The summed E-state index contributed by atoms with van der Waals surface area (Å²) in [6.45, 7) is 7.98. The summed E-state index contributed by atoms with van der Waals surface area (Å²) in [4.78, 5) is 24.2. The summed E-state index contributed by atoms with van der Waals surface area (Å²) in [6.07, 6.45) is 0.961. The Morgan fingerprint density at radius 2 is 1.75 bits per heavy atom. The normalized spacial score (nSPS) is 15.4. The summed E-state index contributed by atoms with van der Waals surface area (Å²) in [5.74, 6) is 1.13. The average molecular weight is 372 g/mol. The van der Waals surface area contributed by atoms with Gasteiger partial charge in [-0.05, 0) is 56.9 Å². The molecular formula is C23H24N4O. The highest BCUT2D eigenvalue weighted by atomic mass is 16.1. The molecule has 0 fully saturated rings. The van der Waals surface area contributed by atoms with Crippen molar-refractivity contribution in [1.82, 2.24) is 9.97 Å². The van der Waals surface area contributed by atoms with Crippen LogP contribution >= 0.6 is 0 Å². The second kappa shape index (κ2) is 7.08. The van der Waals surface area contributed by atoms with Crippen molar-refractivity contribution in [3.05, 3.63) is 76.7 Å². The number of aromatic nitrogens is 2.